The van der Waals surface area contributed by atoms with Crippen molar-refractivity contribution in [1.82, 2.24) is 0 Å². The van der Waals surface area contributed by atoms with Crippen LogP contribution in [0.4, 0.5) is 4.39 Å². The van der Waals surface area contributed by atoms with E-state index in [1.54, 1.807) is 0 Å². The minimum absolute atomic E-state index is 0.240. The van der Waals surface area contributed by atoms with E-state index in [4.69, 9.17) is 10.8 Å². The quantitative estimate of drug-likeness (QED) is 0.616. The summed E-state index contributed by atoms with van der Waals surface area (Å²) in [4.78, 5) is 10.4. The van der Waals surface area contributed by atoms with Crippen LogP contribution in [0, 0.1) is 11.8 Å². The highest BCUT2D eigenvalue weighted by Gasteiger charge is 2.35. The van der Waals surface area contributed by atoms with Crippen LogP contribution in [0.3, 0.4) is 0 Å². The van der Waals surface area contributed by atoms with Gasteiger partial charge in [0.25, 0.3) is 0 Å². The summed E-state index contributed by atoms with van der Waals surface area (Å²) >= 11 is 0. The Morgan fingerprint density at radius 3 is 2.55 bits per heavy atom. The van der Waals surface area contributed by atoms with Crippen molar-refractivity contribution >= 4 is 5.97 Å². The van der Waals surface area contributed by atoms with Gasteiger partial charge in [0.1, 0.15) is 0 Å². The maximum absolute atomic E-state index is 12.1. The molecule has 1 rings (SSSR count). The number of halogens is 1. The largest absolute Gasteiger partial charge is 0.481 e. The first-order valence-corrected chi connectivity index (χ1v) is 3.69. The Kier molecular flexibility index (Phi) is 2.44. The lowest BCUT2D eigenvalue weighted by Crippen LogP contribution is -2.25. The molecule has 0 aliphatic heterocycles. The maximum atomic E-state index is 12.1. The van der Waals surface area contributed by atoms with Gasteiger partial charge in [-0.2, -0.15) is 0 Å². The molecular weight excluding hydrogens is 149 g/mol. The van der Waals surface area contributed by atoms with Crippen LogP contribution in [0.2, 0.25) is 0 Å². The van der Waals surface area contributed by atoms with Crippen molar-refractivity contribution in [3.63, 3.8) is 0 Å². The number of aliphatic carboxylic acids is 1. The third kappa shape index (κ3) is 1.68. The van der Waals surface area contributed by atoms with Crippen LogP contribution in [-0.2, 0) is 4.79 Å². The predicted molar refractivity (Wildman–Crippen MR) is 37.8 cm³/mol. The van der Waals surface area contributed by atoms with Crippen molar-refractivity contribution in [2.45, 2.75) is 18.9 Å². The van der Waals surface area contributed by atoms with E-state index in [2.05, 4.69) is 0 Å². The van der Waals surface area contributed by atoms with Crippen LogP contribution in [-0.4, -0.2) is 23.8 Å². The highest BCUT2D eigenvalue weighted by molar-refractivity contribution is 5.70. The molecule has 0 spiro atoms. The number of alkyl halides is 1. The number of carboxylic acid groups (broad SMARTS) is 1. The summed E-state index contributed by atoms with van der Waals surface area (Å²) in [5.74, 6) is -1.52. The molecule has 1 aliphatic rings. The molecule has 0 aromatic rings. The van der Waals surface area contributed by atoms with Gasteiger partial charge in [-0.25, -0.2) is 0 Å². The monoisotopic (exact) mass is 161 g/mol. The number of carbonyl (C=O) groups is 1. The summed E-state index contributed by atoms with van der Waals surface area (Å²) in [7, 11) is 0. The Morgan fingerprint density at radius 2 is 2.27 bits per heavy atom. The molecule has 1 unspecified atom stereocenters. The second-order valence-corrected chi connectivity index (χ2v) is 3.08. The smallest absolute Gasteiger partial charge is 0.306 e. The minimum Gasteiger partial charge on any atom is -0.481 e. The summed E-state index contributed by atoms with van der Waals surface area (Å²) in [6.45, 7) is -0.495. The van der Waals surface area contributed by atoms with E-state index in [1.165, 1.54) is 0 Å². The zero-order valence-corrected chi connectivity index (χ0v) is 6.16. The highest BCUT2D eigenvalue weighted by Crippen LogP contribution is 2.30. The first-order valence-electron chi connectivity index (χ1n) is 3.69. The van der Waals surface area contributed by atoms with Crippen molar-refractivity contribution in [3.05, 3.63) is 0 Å². The van der Waals surface area contributed by atoms with Gasteiger partial charge in [0, 0.05) is 12.0 Å². The predicted octanol–water partition coefficient (Wildman–Crippen LogP) is 0.394. The molecule has 1 aliphatic carbocycles. The first kappa shape index (κ1) is 8.46. The molecule has 11 heavy (non-hydrogen) atoms. The van der Waals surface area contributed by atoms with E-state index in [1.807, 2.05) is 0 Å². The van der Waals surface area contributed by atoms with Crippen molar-refractivity contribution in [2.75, 3.05) is 6.67 Å². The van der Waals surface area contributed by atoms with Gasteiger partial charge in [-0.05, 0) is 12.8 Å². The SMILES string of the molecule is N[C@H]1C[C@@H](C(=O)O)CC1CF. The Labute approximate surface area is 64.4 Å². The van der Waals surface area contributed by atoms with Crippen molar-refractivity contribution < 1.29 is 14.3 Å². The molecule has 3 N–H and O–H groups in total. The Morgan fingerprint density at radius 1 is 1.64 bits per heavy atom. The average Bonchev–Trinajstić information content (AvgIpc) is 2.31. The molecule has 0 saturated heterocycles. The fourth-order valence-corrected chi connectivity index (χ4v) is 1.54. The van der Waals surface area contributed by atoms with Gasteiger partial charge in [0.2, 0.25) is 0 Å². The zero-order chi connectivity index (χ0) is 8.43. The van der Waals surface area contributed by atoms with E-state index in [0.717, 1.165) is 0 Å². The third-order valence-corrected chi connectivity index (χ3v) is 2.30. The number of carboxylic acids is 1. The van der Waals surface area contributed by atoms with E-state index >= 15 is 0 Å². The fraction of sp³-hybridized carbons (Fsp3) is 0.857. The topological polar surface area (TPSA) is 63.3 Å². The molecule has 4 heteroatoms. The van der Waals surface area contributed by atoms with Gasteiger partial charge in [0.15, 0.2) is 0 Å². The first-order chi connectivity index (χ1) is 5.15. The average molecular weight is 161 g/mol. The number of rotatable bonds is 2. The molecule has 3 nitrogen and oxygen atoms in total. The van der Waals surface area contributed by atoms with Gasteiger partial charge in [-0.3, -0.25) is 9.18 Å². The van der Waals surface area contributed by atoms with Crippen molar-refractivity contribution in [2.24, 2.45) is 17.6 Å². The van der Waals surface area contributed by atoms with Crippen LogP contribution in [0.1, 0.15) is 12.8 Å². The van der Waals surface area contributed by atoms with Gasteiger partial charge < -0.3 is 10.8 Å². The molecule has 3 atom stereocenters. The van der Waals surface area contributed by atoms with Gasteiger partial charge in [0.05, 0.1) is 12.6 Å². The Hall–Kier alpha value is -0.640. The number of nitrogens with two attached hydrogens (primary N) is 1. The summed E-state index contributed by atoms with van der Waals surface area (Å²) in [6.07, 6.45) is 0.816. The second kappa shape index (κ2) is 3.17. The normalized spacial score (nSPS) is 37.5. The lowest BCUT2D eigenvalue weighted by atomic mass is 10.1. The van der Waals surface area contributed by atoms with E-state index < -0.39 is 18.6 Å². The lowest BCUT2D eigenvalue weighted by molar-refractivity contribution is -0.141. The molecule has 0 aromatic heterocycles. The van der Waals surface area contributed by atoms with Crippen LogP contribution >= 0.6 is 0 Å². The summed E-state index contributed by atoms with van der Waals surface area (Å²) in [5.41, 5.74) is 5.51. The number of hydrogen-bond acceptors (Lipinski definition) is 2. The van der Waals surface area contributed by atoms with Gasteiger partial charge in [-0.1, -0.05) is 0 Å². The standard InChI is InChI=1S/C7H12FNO2/c8-3-5-1-4(7(10)11)2-6(5)9/h4-6H,1-3,9H2,(H,10,11)/t4-,5?,6-/m0/s1. The van der Waals surface area contributed by atoms with Crippen molar-refractivity contribution in [3.8, 4) is 0 Å². The zero-order valence-electron chi connectivity index (χ0n) is 6.16. The van der Waals surface area contributed by atoms with Crippen molar-refractivity contribution in [1.29, 1.82) is 0 Å². The third-order valence-electron chi connectivity index (χ3n) is 2.30. The summed E-state index contributed by atoms with van der Waals surface area (Å²) < 4.78 is 12.1. The molecule has 0 aromatic carbocycles. The fourth-order valence-electron chi connectivity index (χ4n) is 1.54. The van der Waals surface area contributed by atoms with Gasteiger partial charge >= 0.3 is 5.97 Å². The molecule has 0 radical (unpaired) electrons. The molecule has 1 saturated carbocycles. The van der Waals surface area contributed by atoms with Crippen LogP contribution in [0.25, 0.3) is 0 Å². The number of hydrogen-bond donors (Lipinski definition) is 2. The molecule has 1 fully saturated rings. The molecule has 0 bridgehead atoms. The van der Waals surface area contributed by atoms with Gasteiger partial charge in [-0.15, -0.1) is 0 Å². The summed E-state index contributed by atoms with van der Waals surface area (Å²) in [5, 5.41) is 8.57. The van der Waals surface area contributed by atoms with Crippen LogP contribution in [0.15, 0.2) is 0 Å². The Balaban J connectivity index is 2.49. The molecule has 0 amide bonds. The highest BCUT2D eigenvalue weighted by atomic mass is 19.1. The van der Waals surface area contributed by atoms with E-state index in [0.29, 0.717) is 12.8 Å². The maximum Gasteiger partial charge on any atom is 0.306 e. The van der Waals surface area contributed by atoms with E-state index in [9.17, 15) is 9.18 Å². The van der Waals surface area contributed by atoms with Crippen LogP contribution < -0.4 is 5.73 Å². The second-order valence-electron chi connectivity index (χ2n) is 3.08. The summed E-state index contributed by atoms with van der Waals surface area (Å²) in [6, 6.07) is -0.263. The lowest BCUT2D eigenvalue weighted by Gasteiger charge is -2.08. The molecule has 64 valence electrons. The Bertz CT molecular complexity index is 163. The minimum atomic E-state index is -0.851. The molecule has 0 heterocycles. The molecular formula is C7H12FNO2. The van der Waals surface area contributed by atoms with E-state index in [-0.39, 0.29) is 12.0 Å². The van der Waals surface area contributed by atoms with Crippen LogP contribution in [0.5, 0.6) is 0 Å².